The summed E-state index contributed by atoms with van der Waals surface area (Å²) < 4.78 is 7.75. The van der Waals surface area contributed by atoms with Crippen LogP contribution in [0.25, 0.3) is 0 Å². The normalized spacial score (nSPS) is 22.9. The summed E-state index contributed by atoms with van der Waals surface area (Å²) in [5.74, 6) is 1.02. The Bertz CT molecular complexity index is 490. The molecule has 0 amide bonds. The van der Waals surface area contributed by atoms with Gasteiger partial charge >= 0.3 is 0 Å². The van der Waals surface area contributed by atoms with Crippen molar-refractivity contribution in [2.45, 2.75) is 38.3 Å². The van der Waals surface area contributed by atoms with Crippen LogP contribution in [0.2, 0.25) is 0 Å². The van der Waals surface area contributed by atoms with Gasteiger partial charge in [-0.3, -0.25) is 0 Å². The zero-order chi connectivity index (χ0) is 13.2. The van der Waals surface area contributed by atoms with Crippen molar-refractivity contribution in [2.24, 2.45) is 0 Å². The van der Waals surface area contributed by atoms with Crippen molar-refractivity contribution in [2.75, 3.05) is 30.3 Å². The van der Waals surface area contributed by atoms with E-state index in [9.17, 15) is 5.26 Å². The predicted octanol–water partition coefficient (Wildman–Crippen LogP) is 1.72. The van der Waals surface area contributed by atoms with Gasteiger partial charge in [0.1, 0.15) is 17.6 Å². The van der Waals surface area contributed by atoms with Crippen molar-refractivity contribution in [3.05, 3.63) is 11.8 Å². The minimum absolute atomic E-state index is 0.222. The lowest BCUT2D eigenvalue weighted by Crippen LogP contribution is -2.25. The molecule has 0 aliphatic carbocycles. The van der Waals surface area contributed by atoms with Crippen LogP contribution < -0.4 is 10.6 Å². The molecular weight excluding hydrogens is 240 g/mol. The van der Waals surface area contributed by atoms with E-state index in [2.05, 4.69) is 15.5 Å². The van der Waals surface area contributed by atoms with Gasteiger partial charge in [0.05, 0.1) is 18.3 Å². The molecule has 2 aliphatic heterocycles. The van der Waals surface area contributed by atoms with Crippen LogP contribution in [-0.2, 0) is 11.3 Å². The van der Waals surface area contributed by atoms with E-state index >= 15 is 0 Å². The summed E-state index contributed by atoms with van der Waals surface area (Å²) in [6.07, 6.45) is 4.81. The third-order valence-corrected chi connectivity index (χ3v) is 4.03. The predicted molar refractivity (Wildman–Crippen MR) is 74.0 cm³/mol. The molecule has 0 saturated carbocycles. The van der Waals surface area contributed by atoms with Crippen molar-refractivity contribution in [3.63, 3.8) is 0 Å². The van der Waals surface area contributed by atoms with Crippen LogP contribution in [0.3, 0.4) is 0 Å². The Morgan fingerprint density at radius 3 is 2.79 bits per heavy atom. The Kier molecular flexibility index (Phi) is 3.34. The number of hydrogen-bond donors (Lipinski definition) is 1. The SMILES string of the molecule is N#Cc1cc(N)c(N2CCCC2)n1C[C@@H]1CCCO1. The quantitative estimate of drug-likeness (QED) is 0.898. The molecule has 0 unspecified atom stereocenters. The molecule has 0 bridgehead atoms. The summed E-state index contributed by atoms with van der Waals surface area (Å²) in [5.41, 5.74) is 7.48. The number of nitrogen functional groups attached to an aromatic ring is 1. The van der Waals surface area contributed by atoms with E-state index in [0.717, 1.165) is 50.6 Å². The first kappa shape index (κ1) is 12.4. The van der Waals surface area contributed by atoms with E-state index in [1.807, 2.05) is 0 Å². The Morgan fingerprint density at radius 1 is 1.37 bits per heavy atom. The molecule has 3 heterocycles. The molecule has 2 fully saturated rings. The Hall–Kier alpha value is -1.67. The van der Waals surface area contributed by atoms with Crippen LogP contribution in [0.5, 0.6) is 0 Å². The first-order valence-electron chi connectivity index (χ1n) is 7.05. The van der Waals surface area contributed by atoms with Gasteiger partial charge in [0.15, 0.2) is 0 Å². The molecule has 2 aliphatic rings. The van der Waals surface area contributed by atoms with E-state index in [1.165, 1.54) is 12.8 Å². The maximum atomic E-state index is 9.29. The second kappa shape index (κ2) is 5.14. The van der Waals surface area contributed by atoms with Crippen LogP contribution >= 0.6 is 0 Å². The van der Waals surface area contributed by atoms with Crippen molar-refractivity contribution in [1.29, 1.82) is 5.26 Å². The summed E-state index contributed by atoms with van der Waals surface area (Å²) in [4.78, 5) is 2.30. The van der Waals surface area contributed by atoms with E-state index in [4.69, 9.17) is 10.5 Å². The smallest absolute Gasteiger partial charge is 0.133 e. The minimum atomic E-state index is 0.222. The average Bonchev–Trinajstić information content (AvgIpc) is 3.11. The molecule has 1 aromatic rings. The highest BCUT2D eigenvalue weighted by atomic mass is 16.5. The number of anilines is 2. The monoisotopic (exact) mass is 260 g/mol. The Morgan fingerprint density at radius 2 is 2.16 bits per heavy atom. The maximum Gasteiger partial charge on any atom is 0.133 e. The fourth-order valence-corrected chi connectivity index (χ4v) is 3.11. The summed E-state index contributed by atoms with van der Waals surface area (Å²) >= 11 is 0. The van der Waals surface area contributed by atoms with Crippen LogP contribution in [0, 0.1) is 11.3 Å². The molecule has 102 valence electrons. The van der Waals surface area contributed by atoms with Crippen molar-refractivity contribution in [1.82, 2.24) is 4.57 Å². The molecule has 0 radical (unpaired) electrons. The van der Waals surface area contributed by atoms with Gasteiger partial charge in [-0.05, 0) is 31.7 Å². The summed E-state index contributed by atoms with van der Waals surface area (Å²) in [7, 11) is 0. The van der Waals surface area contributed by atoms with Crippen LogP contribution in [-0.4, -0.2) is 30.4 Å². The number of aromatic nitrogens is 1. The summed E-state index contributed by atoms with van der Waals surface area (Å²) in [6.45, 7) is 3.64. The van der Waals surface area contributed by atoms with Gasteiger partial charge < -0.3 is 19.9 Å². The van der Waals surface area contributed by atoms with Gasteiger partial charge in [-0.15, -0.1) is 0 Å². The Balaban J connectivity index is 1.92. The molecule has 5 nitrogen and oxygen atoms in total. The van der Waals surface area contributed by atoms with Crippen molar-refractivity contribution < 1.29 is 4.74 Å². The highest BCUT2D eigenvalue weighted by Gasteiger charge is 2.25. The standard InChI is InChI=1S/C14H20N4O/c15-9-11-8-13(16)14(17-5-1-2-6-17)18(11)10-12-4-3-7-19-12/h8,12H,1-7,10,16H2/t12-/m0/s1. The molecule has 0 aromatic carbocycles. The third kappa shape index (κ3) is 2.28. The third-order valence-electron chi connectivity index (χ3n) is 4.03. The average molecular weight is 260 g/mol. The first-order valence-corrected chi connectivity index (χ1v) is 7.05. The summed E-state index contributed by atoms with van der Waals surface area (Å²) in [6, 6.07) is 4.05. The topological polar surface area (TPSA) is 67.2 Å². The molecule has 3 rings (SSSR count). The largest absolute Gasteiger partial charge is 0.396 e. The van der Waals surface area contributed by atoms with E-state index in [1.54, 1.807) is 6.07 Å². The number of nitrogens with zero attached hydrogens (tertiary/aromatic N) is 3. The van der Waals surface area contributed by atoms with Gasteiger partial charge in [-0.1, -0.05) is 0 Å². The van der Waals surface area contributed by atoms with Gasteiger partial charge in [0.2, 0.25) is 0 Å². The highest BCUT2D eigenvalue weighted by Crippen LogP contribution is 2.31. The van der Waals surface area contributed by atoms with Gasteiger partial charge in [0, 0.05) is 19.7 Å². The van der Waals surface area contributed by atoms with Gasteiger partial charge in [-0.25, -0.2) is 0 Å². The molecule has 2 N–H and O–H groups in total. The lowest BCUT2D eigenvalue weighted by Gasteiger charge is -2.23. The zero-order valence-corrected chi connectivity index (χ0v) is 11.1. The van der Waals surface area contributed by atoms with Crippen molar-refractivity contribution >= 4 is 11.5 Å². The summed E-state index contributed by atoms with van der Waals surface area (Å²) in [5, 5.41) is 9.29. The highest BCUT2D eigenvalue weighted by molar-refractivity contribution is 5.68. The second-order valence-electron chi connectivity index (χ2n) is 5.36. The lowest BCUT2D eigenvalue weighted by molar-refractivity contribution is 0.0972. The van der Waals surface area contributed by atoms with E-state index in [-0.39, 0.29) is 6.10 Å². The number of nitriles is 1. The Labute approximate surface area is 113 Å². The number of ether oxygens (including phenoxy) is 1. The fraction of sp³-hybridized carbons (Fsp3) is 0.643. The fourth-order valence-electron chi connectivity index (χ4n) is 3.11. The second-order valence-corrected chi connectivity index (χ2v) is 5.36. The number of rotatable bonds is 3. The molecule has 5 heteroatoms. The molecule has 1 atom stereocenters. The molecule has 1 aromatic heterocycles. The number of nitrogens with two attached hydrogens (primary N) is 1. The lowest BCUT2D eigenvalue weighted by atomic mass is 10.2. The molecule has 2 saturated heterocycles. The van der Waals surface area contributed by atoms with Crippen LogP contribution in [0.1, 0.15) is 31.4 Å². The van der Waals surface area contributed by atoms with E-state index in [0.29, 0.717) is 5.69 Å². The van der Waals surface area contributed by atoms with E-state index < -0.39 is 0 Å². The van der Waals surface area contributed by atoms with Crippen LogP contribution in [0.4, 0.5) is 11.5 Å². The van der Waals surface area contributed by atoms with Crippen molar-refractivity contribution in [3.8, 4) is 6.07 Å². The minimum Gasteiger partial charge on any atom is -0.396 e. The molecular formula is C14H20N4O. The van der Waals surface area contributed by atoms with Gasteiger partial charge in [-0.2, -0.15) is 5.26 Å². The first-order chi connectivity index (χ1) is 9.29. The maximum absolute atomic E-state index is 9.29. The number of hydrogen-bond acceptors (Lipinski definition) is 4. The van der Waals surface area contributed by atoms with Gasteiger partial charge in [0.25, 0.3) is 0 Å². The molecule has 0 spiro atoms. The van der Waals surface area contributed by atoms with Crippen LogP contribution in [0.15, 0.2) is 6.07 Å². The molecule has 19 heavy (non-hydrogen) atoms. The zero-order valence-electron chi connectivity index (χ0n) is 11.1.